The van der Waals surface area contributed by atoms with E-state index in [-0.39, 0.29) is 5.75 Å². The van der Waals surface area contributed by atoms with E-state index in [1.807, 2.05) is 50.2 Å². The Morgan fingerprint density at radius 2 is 1.74 bits per heavy atom. The van der Waals surface area contributed by atoms with Crippen LogP contribution in [0.25, 0.3) is 11.3 Å². The molecule has 9 heteroatoms. The highest BCUT2D eigenvalue weighted by Gasteiger charge is 2.31. The molecule has 3 aromatic rings. The van der Waals surface area contributed by atoms with E-state index in [0.717, 1.165) is 17.8 Å². The number of likely N-dealkylation sites (N-methyl/N-ethyl adjacent to an activating group) is 1. The Morgan fingerprint density at radius 3 is 2.42 bits per heavy atom. The maximum Gasteiger partial charge on any atom is 0.573 e. The van der Waals surface area contributed by atoms with Crippen molar-refractivity contribution in [2.75, 3.05) is 37.8 Å². The third-order valence-corrected chi connectivity index (χ3v) is 4.26. The zero-order valence-corrected chi connectivity index (χ0v) is 17.5. The Hall–Kier alpha value is -3.33. The van der Waals surface area contributed by atoms with Gasteiger partial charge in [-0.3, -0.25) is 0 Å². The zero-order valence-electron chi connectivity index (χ0n) is 17.5. The average Bonchev–Trinajstić information content (AvgIpc) is 2.68. The van der Waals surface area contributed by atoms with Crippen LogP contribution in [0, 0.1) is 6.92 Å². The molecular weight excluding hydrogens is 407 g/mol. The van der Waals surface area contributed by atoms with E-state index in [2.05, 4.69) is 25.3 Å². The van der Waals surface area contributed by atoms with Crippen LogP contribution in [0.1, 0.15) is 5.56 Å². The molecule has 31 heavy (non-hydrogen) atoms. The van der Waals surface area contributed by atoms with E-state index in [0.29, 0.717) is 29.6 Å². The fraction of sp³-hybridized carbons (Fsp3) is 0.273. The normalized spacial score (nSPS) is 11.5. The van der Waals surface area contributed by atoms with E-state index < -0.39 is 6.36 Å². The number of nitrogens with one attached hydrogen (secondary N) is 2. The number of hydrogen-bond acceptors (Lipinski definition) is 6. The maximum atomic E-state index is 12.6. The smallest absolute Gasteiger partial charge is 0.406 e. The predicted octanol–water partition coefficient (Wildman–Crippen LogP) is 5.07. The molecule has 3 rings (SSSR count). The number of hydrogen-bond donors (Lipinski definition) is 2. The van der Waals surface area contributed by atoms with Crippen molar-refractivity contribution in [3.05, 3.63) is 60.2 Å². The third-order valence-electron chi connectivity index (χ3n) is 4.26. The van der Waals surface area contributed by atoms with Gasteiger partial charge in [-0.05, 0) is 45.3 Å². The molecule has 0 amide bonds. The number of aromatic nitrogens is 2. The Bertz CT molecular complexity index is 1010. The summed E-state index contributed by atoms with van der Waals surface area (Å²) in [6.45, 7) is 3.37. The molecule has 0 aliphatic carbocycles. The van der Waals surface area contributed by atoms with Gasteiger partial charge < -0.3 is 20.3 Å². The minimum Gasteiger partial charge on any atom is -0.406 e. The molecule has 0 unspecified atom stereocenters. The molecule has 164 valence electrons. The number of nitrogens with zero attached hydrogens (tertiary/aromatic N) is 3. The molecule has 0 aliphatic rings. The van der Waals surface area contributed by atoms with Gasteiger partial charge in [0.15, 0.2) is 0 Å². The summed E-state index contributed by atoms with van der Waals surface area (Å²) in [6.07, 6.45) is -4.76. The second kappa shape index (κ2) is 9.65. The summed E-state index contributed by atoms with van der Waals surface area (Å²) >= 11 is 0. The number of alkyl halides is 3. The van der Waals surface area contributed by atoms with E-state index >= 15 is 0 Å². The number of rotatable bonds is 8. The van der Waals surface area contributed by atoms with Gasteiger partial charge in [-0.1, -0.05) is 29.8 Å². The lowest BCUT2D eigenvalue weighted by Gasteiger charge is -2.14. The first kappa shape index (κ1) is 22.4. The minimum atomic E-state index is -4.76. The van der Waals surface area contributed by atoms with Crippen LogP contribution in [0.5, 0.6) is 5.75 Å². The summed E-state index contributed by atoms with van der Waals surface area (Å²) in [5.41, 5.74) is 2.90. The van der Waals surface area contributed by atoms with Gasteiger partial charge in [0.2, 0.25) is 5.95 Å². The largest absolute Gasteiger partial charge is 0.573 e. The first-order valence-corrected chi connectivity index (χ1v) is 9.65. The topological polar surface area (TPSA) is 62.3 Å². The lowest BCUT2D eigenvalue weighted by Crippen LogP contribution is -2.21. The van der Waals surface area contributed by atoms with Crippen LogP contribution in [0.4, 0.5) is 30.6 Å². The van der Waals surface area contributed by atoms with Crippen LogP contribution >= 0.6 is 0 Å². The van der Waals surface area contributed by atoms with Gasteiger partial charge in [0.05, 0.1) is 5.69 Å². The number of ether oxygens (including phenoxy) is 1. The van der Waals surface area contributed by atoms with Gasteiger partial charge in [-0.15, -0.1) is 13.2 Å². The Kier molecular flexibility index (Phi) is 6.96. The van der Waals surface area contributed by atoms with Crippen LogP contribution in [0.3, 0.4) is 0 Å². The highest BCUT2D eigenvalue weighted by Crippen LogP contribution is 2.29. The SMILES string of the molecule is Cc1ccc(Nc2cc(-c3cccc(OC(F)(F)F)c3)nc(NCCN(C)C)n2)cc1. The van der Waals surface area contributed by atoms with Crippen LogP contribution in [0.2, 0.25) is 0 Å². The Labute approximate surface area is 179 Å². The van der Waals surface area contributed by atoms with Gasteiger partial charge in [0.1, 0.15) is 11.6 Å². The third kappa shape index (κ3) is 7.14. The van der Waals surface area contributed by atoms with Crippen molar-refractivity contribution in [2.24, 2.45) is 0 Å². The second-order valence-electron chi connectivity index (χ2n) is 7.26. The standard InChI is InChI=1S/C22H24F3N5O/c1-15-7-9-17(10-8-15)27-20-14-19(28-21(29-20)26-11-12-30(2)3)16-5-4-6-18(13-16)31-22(23,24)25/h4-10,13-14H,11-12H2,1-3H3,(H2,26,27,28,29). The molecule has 0 aliphatic heterocycles. The maximum absolute atomic E-state index is 12.6. The molecule has 0 saturated carbocycles. The summed E-state index contributed by atoms with van der Waals surface area (Å²) in [6, 6.07) is 15.2. The molecule has 1 heterocycles. The summed E-state index contributed by atoms with van der Waals surface area (Å²) in [5, 5.41) is 6.38. The number of anilines is 3. The highest BCUT2D eigenvalue weighted by atomic mass is 19.4. The summed E-state index contributed by atoms with van der Waals surface area (Å²) in [4.78, 5) is 11.0. The predicted molar refractivity (Wildman–Crippen MR) is 116 cm³/mol. The highest BCUT2D eigenvalue weighted by molar-refractivity contribution is 5.68. The van der Waals surface area contributed by atoms with Gasteiger partial charge in [-0.25, -0.2) is 4.98 Å². The van der Waals surface area contributed by atoms with Crippen molar-refractivity contribution in [1.82, 2.24) is 14.9 Å². The first-order valence-electron chi connectivity index (χ1n) is 9.65. The van der Waals surface area contributed by atoms with Gasteiger partial charge >= 0.3 is 6.36 Å². The summed E-state index contributed by atoms with van der Waals surface area (Å²) in [5.74, 6) is 0.582. The van der Waals surface area contributed by atoms with Gasteiger partial charge in [0, 0.05) is 30.4 Å². The molecule has 0 radical (unpaired) electrons. The van der Waals surface area contributed by atoms with Gasteiger partial charge in [-0.2, -0.15) is 4.98 Å². The zero-order chi connectivity index (χ0) is 22.4. The van der Waals surface area contributed by atoms with Crippen molar-refractivity contribution in [3.8, 4) is 17.0 Å². The lowest BCUT2D eigenvalue weighted by molar-refractivity contribution is -0.274. The molecule has 0 spiro atoms. The van der Waals surface area contributed by atoms with Crippen molar-refractivity contribution in [2.45, 2.75) is 13.3 Å². The van der Waals surface area contributed by atoms with Crippen LogP contribution < -0.4 is 15.4 Å². The monoisotopic (exact) mass is 431 g/mol. The quantitative estimate of drug-likeness (QED) is 0.519. The number of benzene rings is 2. The van der Waals surface area contributed by atoms with Crippen molar-refractivity contribution >= 4 is 17.5 Å². The first-order chi connectivity index (χ1) is 14.7. The molecule has 2 aromatic carbocycles. The molecule has 0 fully saturated rings. The van der Waals surface area contributed by atoms with Gasteiger partial charge in [0.25, 0.3) is 0 Å². The molecule has 0 atom stereocenters. The van der Waals surface area contributed by atoms with E-state index in [4.69, 9.17) is 0 Å². The van der Waals surface area contributed by atoms with Crippen LogP contribution in [-0.2, 0) is 0 Å². The Morgan fingerprint density at radius 1 is 1.00 bits per heavy atom. The molecular formula is C22H24F3N5O. The lowest BCUT2D eigenvalue weighted by atomic mass is 10.1. The van der Waals surface area contributed by atoms with Crippen LogP contribution in [-0.4, -0.2) is 48.4 Å². The molecule has 2 N–H and O–H groups in total. The molecule has 0 bridgehead atoms. The van der Waals surface area contributed by atoms with Crippen LogP contribution in [0.15, 0.2) is 54.6 Å². The van der Waals surface area contributed by atoms with E-state index in [1.54, 1.807) is 12.1 Å². The minimum absolute atomic E-state index is 0.307. The molecule has 1 aromatic heterocycles. The Balaban J connectivity index is 1.92. The fourth-order valence-electron chi connectivity index (χ4n) is 2.77. The number of aryl methyl sites for hydroxylation is 1. The van der Waals surface area contributed by atoms with Crippen molar-refractivity contribution in [3.63, 3.8) is 0 Å². The van der Waals surface area contributed by atoms with E-state index in [9.17, 15) is 13.2 Å². The average molecular weight is 431 g/mol. The fourth-order valence-corrected chi connectivity index (χ4v) is 2.77. The molecule has 6 nitrogen and oxygen atoms in total. The second-order valence-corrected chi connectivity index (χ2v) is 7.26. The summed E-state index contributed by atoms with van der Waals surface area (Å²) < 4.78 is 41.9. The van der Waals surface area contributed by atoms with Crippen molar-refractivity contribution in [1.29, 1.82) is 0 Å². The summed E-state index contributed by atoms with van der Waals surface area (Å²) in [7, 11) is 3.91. The van der Waals surface area contributed by atoms with Crippen molar-refractivity contribution < 1.29 is 17.9 Å². The number of halogens is 3. The van der Waals surface area contributed by atoms with E-state index in [1.165, 1.54) is 18.2 Å². The molecule has 0 saturated heterocycles.